The summed E-state index contributed by atoms with van der Waals surface area (Å²) < 4.78 is 7.30. The average Bonchev–Trinajstić information content (AvgIpc) is 3.30. The molecule has 126 valence electrons. The third-order valence-electron chi connectivity index (χ3n) is 4.20. The van der Waals surface area contributed by atoms with E-state index in [2.05, 4.69) is 34.4 Å². The lowest BCUT2D eigenvalue weighted by molar-refractivity contribution is 0.353. The molecule has 2 aromatic heterocycles. The first-order chi connectivity index (χ1) is 11.7. The van der Waals surface area contributed by atoms with Crippen molar-refractivity contribution < 1.29 is 4.52 Å². The fourth-order valence-electron chi connectivity index (χ4n) is 2.55. The van der Waals surface area contributed by atoms with Crippen LogP contribution in [0.5, 0.6) is 0 Å². The lowest BCUT2D eigenvalue weighted by atomic mass is 10.1. The van der Waals surface area contributed by atoms with Crippen molar-refractivity contribution in [3.63, 3.8) is 0 Å². The Hall–Kier alpha value is -2.47. The van der Waals surface area contributed by atoms with Crippen molar-refractivity contribution in [1.82, 2.24) is 25.2 Å². The van der Waals surface area contributed by atoms with Crippen molar-refractivity contribution in [3.05, 3.63) is 54.7 Å². The molecule has 2 atom stereocenters. The highest BCUT2D eigenvalue weighted by atomic mass is 16.5. The van der Waals surface area contributed by atoms with Crippen LogP contribution in [0.15, 0.2) is 53.3 Å². The molecule has 2 heterocycles. The van der Waals surface area contributed by atoms with Gasteiger partial charge in [-0.05, 0) is 32.9 Å². The number of aryl methyl sites for hydroxylation is 1. The molecule has 0 fully saturated rings. The SMILES string of the molecule is C[C@H](NCCCc1nc(-c2ccccc2)no1)[C@H](C)n1cccn1. The van der Waals surface area contributed by atoms with Crippen LogP contribution < -0.4 is 5.32 Å². The van der Waals surface area contributed by atoms with Gasteiger partial charge >= 0.3 is 0 Å². The number of nitrogens with one attached hydrogen (secondary N) is 1. The summed E-state index contributed by atoms with van der Waals surface area (Å²) in [5.41, 5.74) is 0.979. The van der Waals surface area contributed by atoms with Crippen molar-refractivity contribution in [2.45, 2.75) is 38.8 Å². The van der Waals surface area contributed by atoms with Gasteiger partial charge in [0, 0.05) is 30.4 Å². The molecule has 0 radical (unpaired) electrons. The molecule has 0 aliphatic carbocycles. The Bertz CT molecular complexity index is 723. The first-order valence-electron chi connectivity index (χ1n) is 8.34. The highest BCUT2D eigenvalue weighted by Gasteiger charge is 2.13. The number of rotatable bonds is 8. The van der Waals surface area contributed by atoms with Crippen molar-refractivity contribution in [2.75, 3.05) is 6.54 Å². The summed E-state index contributed by atoms with van der Waals surface area (Å²) in [7, 11) is 0. The van der Waals surface area contributed by atoms with E-state index in [0.717, 1.165) is 24.9 Å². The first-order valence-corrected chi connectivity index (χ1v) is 8.34. The monoisotopic (exact) mass is 325 g/mol. The van der Waals surface area contributed by atoms with E-state index in [1.165, 1.54) is 0 Å². The van der Waals surface area contributed by atoms with Crippen LogP contribution in [0.3, 0.4) is 0 Å². The van der Waals surface area contributed by atoms with Gasteiger partial charge in [0.05, 0.1) is 6.04 Å². The van der Waals surface area contributed by atoms with Crippen LogP contribution in [-0.4, -0.2) is 32.5 Å². The Balaban J connectivity index is 1.43. The Labute approximate surface area is 141 Å². The zero-order valence-corrected chi connectivity index (χ0v) is 14.1. The minimum atomic E-state index is 0.313. The molecule has 0 amide bonds. The first kappa shape index (κ1) is 16.4. The molecule has 1 N–H and O–H groups in total. The maximum atomic E-state index is 5.33. The minimum absolute atomic E-state index is 0.313. The summed E-state index contributed by atoms with van der Waals surface area (Å²) in [6.45, 7) is 5.23. The summed E-state index contributed by atoms with van der Waals surface area (Å²) in [6.07, 6.45) is 5.53. The van der Waals surface area contributed by atoms with E-state index in [0.29, 0.717) is 23.8 Å². The van der Waals surface area contributed by atoms with E-state index in [1.807, 2.05) is 53.5 Å². The second-order valence-electron chi connectivity index (χ2n) is 5.95. The zero-order chi connectivity index (χ0) is 16.8. The third kappa shape index (κ3) is 4.08. The van der Waals surface area contributed by atoms with Gasteiger partial charge in [-0.25, -0.2) is 0 Å². The van der Waals surface area contributed by atoms with Crippen LogP contribution in [0.25, 0.3) is 11.4 Å². The standard InChI is InChI=1S/C18H23N5O/c1-14(15(2)23-13-7-12-20-23)19-11-6-10-17-21-18(22-24-17)16-8-4-3-5-9-16/h3-5,7-9,12-15,19H,6,10-11H2,1-2H3/t14-,15-/m0/s1. The average molecular weight is 325 g/mol. The zero-order valence-electron chi connectivity index (χ0n) is 14.1. The molecule has 24 heavy (non-hydrogen) atoms. The number of aromatic nitrogens is 4. The molecule has 0 aliphatic heterocycles. The predicted octanol–water partition coefficient (Wildman–Crippen LogP) is 3.11. The maximum absolute atomic E-state index is 5.33. The number of nitrogens with zero attached hydrogens (tertiary/aromatic N) is 4. The summed E-state index contributed by atoms with van der Waals surface area (Å²) >= 11 is 0. The molecule has 0 bridgehead atoms. The third-order valence-corrected chi connectivity index (χ3v) is 4.20. The van der Waals surface area contributed by atoms with Gasteiger partial charge in [0.1, 0.15) is 0 Å². The Morgan fingerprint density at radius 1 is 1.17 bits per heavy atom. The van der Waals surface area contributed by atoms with E-state index in [1.54, 1.807) is 0 Å². The van der Waals surface area contributed by atoms with Gasteiger partial charge in [-0.3, -0.25) is 4.68 Å². The molecule has 0 saturated carbocycles. The Kier molecular flexibility index (Phi) is 5.38. The Morgan fingerprint density at radius 3 is 2.75 bits per heavy atom. The van der Waals surface area contributed by atoms with Crippen LogP contribution in [0.2, 0.25) is 0 Å². The molecule has 1 aromatic carbocycles. The van der Waals surface area contributed by atoms with E-state index < -0.39 is 0 Å². The van der Waals surface area contributed by atoms with Gasteiger partial charge < -0.3 is 9.84 Å². The van der Waals surface area contributed by atoms with Gasteiger partial charge in [0.15, 0.2) is 0 Å². The summed E-state index contributed by atoms with van der Waals surface area (Å²) in [6, 6.07) is 12.5. The largest absolute Gasteiger partial charge is 0.339 e. The maximum Gasteiger partial charge on any atom is 0.227 e. The van der Waals surface area contributed by atoms with E-state index in [9.17, 15) is 0 Å². The molecular formula is C18H23N5O. The molecule has 6 heteroatoms. The normalized spacial score (nSPS) is 13.8. The molecular weight excluding hydrogens is 302 g/mol. The van der Waals surface area contributed by atoms with Crippen LogP contribution in [-0.2, 0) is 6.42 Å². The van der Waals surface area contributed by atoms with Gasteiger partial charge in [-0.2, -0.15) is 10.1 Å². The van der Waals surface area contributed by atoms with Gasteiger partial charge in [-0.1, -0.05) is 35.5 Å². The number of benzene rings is 1. The summed E-state index contributed by atoms with van der Waals surface area (Å²) in [4.78, 5) is 4.45. The van der Waals surface area contributed by atoms with Crippen LogP contribution >= 0.6 is 0 Å². The summed E-state index contributed by atoms with van der Waals surface area (Å²) in [5, 5.41) is 11.9. The molecule has 3 aromatic rings. The fraction of sp³-hybridized carbons (Fsp3) is 0.389. The molecule has 0 saturated heterocycles. The number of hydrogen-bond donors (Lipinski definition) is 1. The highest BCUT2D eigenvalue weighted by molar-refractivity contribution is 5.53. The van der Waals surface area contributed by atoms with Gasteiger partial charge in [0.2, 0.25) is 11.7 Å². The van der Waals surface area contributed by atoms with E-state index in [4.69, 9.17) is 4.52 Å². The molecule has 0 unspecified atom stereocenters. The molecule has 3 rings (SSSR count). The van der Waals surface area contributed by atoms with E-state index in [-0.39, 0.29) is 0 Å². The second-order valence-corrected chi connectivity index (χ2v) is 5.95. The predicted molar refractivity (Wildman–Crippen MR) is 92.5 cm³/mol. The highest BCUT2D eigenvalue weighted by Crippen LogP contribution is 2.15. The van der Waals surface area contributed by atoms with Crippen molar-refractivity contribution >= 4 is 0 Å². The van der Waals surface area contributed by atoms with Crippen LogP contribution in [0, 0.1) is 0 Å². The molecule has 0 spiro atoms. The summed E-state index contributed by atoms with van der Waals surface area (Å²) in [5.74, 6) is 1.34. The van der Waals surface area contributed by atoms with Crippen molar-refractivity contribution in [1.29, 1.82) is 0 Å². The lowest BCUT2D eigenvalue weighted by Gasteiger charge is -2.21. The van der Waals surface area contributed by atoms with Crippen LogP contribution in [0.1, 0.15) is 32.2 Å². The Morgan fingerprint density at radius 2 is 2.00 bits per heavy atom. The van der Waals surface area contributed by atoms with Crippen molar-refractivity contribution in [2.24, 2.45) is 0 Å². The van der Waals surface area contributed by atoms with Gasteiger partial charge in [0.25, 0.3) is 0 Å². The van der Waals surface area contributed by atoms with Gasteiger partial charge in [-0.15, -0.1) is 0 Å². The number of hydrogen-bond acceptors (Lipinski definition) is 5. The van der Waals surface area contributed by atoms with Crippen molar-refractivity contribution in [3.8, 4) is 11.4 Å². The smallest absolute Gasteiger partial charge is 0.227 e. The minimum Gasteiger partial charge on any atom is -0.339 e. The lowest BCUT2D eigenvalue weighted by Crippen LogP contribution is -2.34. The fourth-order valence-corrected chi connectivity index (χ4v) is 2.55. The molecule has 6 nitrogen and oxygen atoms in total. The second kappa shape index (κ2) is 7.88. The topological polar surface area (TPSA) is 68.8 Å². The molecule has 0 aliphatic rings. The van der Waals surface area contributed by atoms with Crippen LogP contribution in [0.4, 0.5) is 0 Å². The van der Waals surface area contributed by atoms with E-state index >= 15 is 0 Å². The quantitative estimate of drug-likeness (QED) is 0.645.